The number of amides is 1. The number of hydrogen-bond acceptors (Lipinski definition) is 4. The smallest absolute Gasteiger partial charge is 0.248 e. The van der Waals surface area contributed by atoms with Gasteiger partial charge in [0.2, 0.25) is 5.91 Å². The van der Waals surface area contributed by atoms with E-state index in [0.717, 1.165) is 31.6 Å². The average Bonchev–Trinajstić information content (AvgIpc) is 2.92. The van der Waals surface area contributed by atoms with Gasteiger partial charge in [-0.2, -0.15) is 0 Å². The molecule has 2 rings (SSSR count). The molecule has 0 bridgehead atoms. The summed E-state index contributed by atoms with van der Waals surface area (Å²) in [5.74, 6) is -0.396. The van der Waals surface area contributed by atoms with Crippen LogP contribution >= 0.6 is 0 Å². The molecule has 6 heteroatoms. The van der Waals surface area contributed by atoms with Gasteiger partial charge in [0.05, 0.1) is 6.20 Å². The largest absolute Gasteiger partial charge is 0.366 e. The summed E-state index contributed by atoms with van der Waals surface area (Å²) < 4.78 is 1.81. The Morgan fingerprint density at radius 3 is 2.74 bits per heavy atom. The lowest BCUT2D eigenvalue weighted by Crippen LogP contribution is -2.17. The SMILES string of the molecule is NC(=O)c1ccc(CNCCCn2ccnn2)cc1. The van der Waals surface area contributed by atoms with Gasteiger partial charge >= 0.3 is 0 Å². The van der Waals surface area contributed by atoms with Crippen molar-refractivity contribution in [3.05, 3.63) is 47.8 Å². The molecule has 0 aliphatic rings. The Morgan fingerprint density at radius 1 is 1.32 bits per heavy atom. The summed E-state index contributed by atoms with van der Waals surface area (Å²) in [6.45, 7) is 2.53. The van der Waals surface area contributed by atoms with Gasteiger partial charge in [0, 0.05) is 24.8 Å². The summed E-state index contributed by atoms with van der Waals surface area (Å²) in [5.41, 5.74) is 6.85. The molecule has 0 unspecified atom stereocenters. The van der Waals surface area contributed by atoms with Gasteiger partial charge in [-0.15, -0.1) is 5.10 Å². The normalized spacial score (nSPS) is 10.5. The summed E-state index contributed by atoms with van der Waals surface area (Å²) in [6, 6.07) is 7.30. The Balaban J connectivity index is 1.66. The molecule has 1 heterocycles. The van der Waals surface area contributed by atoms with E-state index in [-0.39, 0.29) is 0 Å². The summed E-state index contributed by atoms with van der Waals surface area (Å²) in [6.07, 6.45) is 4.51. The highest BCUT2D eigenvalue weighted by atomic mass is 16.1. The third-order valence-electron chi connectivity index (χ3n) is 2.78. The van der Waals surface area contributed by atoms with Crippen molar-refractivity contribution in [3.63, 3.8) is 0 Å². The molecule has 6 nitrogen and oxygen atoms in total. The molecule has 1 amide bonds. The molecule has 1 aromatic heterocycles. The number of carbonyl (C=O) groups excluding carboxylic acids is 1. The molecule has 0 saturated carbocycles. The maximum Gasteiger partial charge on any atom is 0.248 e. The van der Waals surface area contributed by atoms with Crippen LogP contribution in [0, 0.1) is 0 Å². The summed E-state index contributed by atoms with van der Waals surface area (Å²) in [4.78, 5) is 10.9. The standard InChI is InChI=1S/C13H17N5O/c14-13(19)12-4-2-11(3-5-12)10-15-6-1-8-18-9-7-16-17-18/h2-5,7,9,15H,1,6,8,10H2,(H2,14,19). The Kier molecular flexibility index (Phi) is 4.63. The zero-order valence-corrected chi connectivity index (χ0v) is 10.6. The van der Waals surface area contributed by atoms with Gasteiger partial charge in [0.25, 0.3) is 0 Å². The van der Waals surface area contributed by atoms with Gasteiger partial charge in [-0.05, 0) is 30.7 Å². The Labute approximate surface area is 111 Å². The van der Waals surface area contributed by atoms with E-state index in [2.05, 4.69) is 15.6 Å². The molecule has 2 aromatic rings. The molecular formula is C13H17N5O. The van der Waals surface area contributed by atoms with E-state index in [1.165, 1.54) is 0 Å². The molecule has 0 radical (unpaired) electrons. The van der Waals surface area contributed by atoms with Gasteiger partial charge in [-0.3, -0.25) is 9.48 Å². The van der Waals surface area contributed by atoms with Crippen LogP contribution in [-0.4, -0.2) is 27.4 Å². The van der Waals surface area contributed by atoms with Crippen LogP contribution in [0.5, 0.6) is 0 Å². The highest BCUT2D eigenvalue weighted by Gasteiger charge is 1.99. The molecule has 0 saturated heterocycles. The Bertz CT molecular complexity index is 506. The highest BCUT2D eigenvalue weighted by Crippen LogP contribution is 2.03. The van der Waals surface area contributed by atoms with Crippen LogP contribution in [0.4, 0.5) is 0 Å². The van der Waals surface area contributed by atoms with Crippen molar-refractivity contribution >= 4 is 5.91 Å². The number of carbonyl (C=O) groups is 1. The summed E-state index contributed by atoms with van der Waals surface area (Å²) in [7, 11) is 0. The molecule has 100 valence electrons. The maximum absolute atomic E-state index is 10.9. The lowest BCUT2D eigenvalue weighted by atomic mass is 10.1. The molecule has 3 N–H and O–H groups in total. The molecule has 1 aromatic carbocycles. The number of nitrogens with two attached hydrogens (primary N) is 1. The number of aryl methyl sites for hydroxylation is 1. The van der Waals surface area contributed by atoms with Crippen molar-refractivity contribution in [2.24, 2.45) is 5.73 Å². The van der Waals surface area contributed by atoms with E-state index in [0.29, 0.717) is 5.56 Å². The third kappa shape index (κ3) is 4.18. The summed E-state index contributed by atoms with van der Waals surface area (Å²) in [5, 5.41) is 11.0. The molecule has 0 spiro atoms. The van der Waals surface area contributed by atoms with E-state index in [1.807, 2.05) is 23.0 Å². The first kappa shape index (κ1) is 13.2. The van der Waals surface area contributed by atoms with E-state index < -0.39 is 5.91 Å². The van der Waals surface area contributed by atoms with Crippen molar-refractivity contribution in [3.8, 4) is 0 Å². The first-order valence-corrected chi connectivity index (χ1v) is 6.19. The zero-order valence-electron chi connectivity index (χ0n) is 10.6. The first-order chi connectivity index (χ1) is 9.25. The van der Waals surface area contributed by atoms with Crippen molar-refractivity contribution in [1.29, 1.82) is 0 Å². The third-order valence-corrected chi connectivity index (χ3v) is 2.78. The molecule has 0 fully saturated rings. The van der Waals surface area contributed by atoms with Crippen LogP contribution in [0.2, 0.25) is 0 Å². The number of nitrogens with one attached hydrogen (secondary N) is 1. The molecule has 0 atom stereocenters. The number of hydrogen-bond donors (Lipinski definition) is 2. The van der Waals surface area contributed by atoms with Crippen molar-refractivity contribution < 1.29 is 4.79 Å². The van der Waals surface area contributed by atoms with Crippen LogP contribution in [0.3, 0.4) is 0 Å². The predicted molar refractivity (Wildman–Crippen MR) is 71.3 cm³/mol. The number of primary amides is 1. The number of rotatable bonds is 7. The van der Waals surface area contributed by atoms with Crippen molar-refractivity contribution in [2.75, 3.05) is 6.54 Å². The van der Waals surface area contributed by atoms with Gasteiger partial charge in [0.1, 0.15) is 0 Å². The van der Waals surface area contributed by atoms with Gasteiger partial charge in [-0.1, -0.05) is 17.3 Å². The van der Waals surface area contributed by atoms with Gasteiger partial charge in [0.15, 0.2) is 0 Å². The maximum atomic E-state index is 10.9. The zero-order chi connectivity index (χ0) is 13.5. The Hall–Kier alpha value is -2.21. The van der Waals surface area contributed by atoms with Crippen LogP contribution in [0.15, 0.2) is 36.7 Å². The van der Waals surface area contributed by atoms with Crippen LogP contribution in [0.1, 0.15) is 22.3 Å². The first-order valence-electron chi connectivity index (χ1n) is 6.19. The minimum absolute atomic E-state index is 0.396. The van der Waals surface area contributed by atoms with Crippen LogP contribution in [-0.2, 0) is 13.1 Å². The monoisotopic (exact) mass is 259 g/mol. The predicted octanol–water partition coefficient (Wildman–Crippen LogP) is 0.557. The molecule has 0 aliphatic carbocycles. The highest BCUT2D eigenvalue weighted by molar-refractivity contribution is 5.92. The fraction of sp³-hybridized carbons (Fsp3) is 0.308. The minimum atomic E-state index is -0.396. The average molecular weight is 259 g/mol. The van der Waals surface area contributed by atoms with E-state index in [4.69, 9.17) is 5.73 Å². The van der Waals surface area contributed by atoms with Crippen molar-refractivity contribution in [1.82, 2.24) is 20.3 Å². The van der Waals surface area contributed by atoms with E-state index in [9.17, 15) is 4.79 Å². The number of nitrogens with zero attached hydrogens (tertiary/aromatic N) is 3. The van der Waals surface area contributed by atoms with Gasteiger partial charge < -0.3 is 11.1 Å². The minimum Gasteiger partial charge on any atom is -0.366 e. The second-order valence-corrected chi connectivity index (χ2v) is 4.26. The second-order valence-electron chi connectivity index (χ2n) is 4.26. The molecular weight excluding hydrogens is 242 g/mol. The van der Waals surface area contributed by atoms with Crippen molar-refractivity contribution in [2.45, 2.75) is 19.5 Å². The number of aromatic nitrogens is 3. The lowest BCUT2D eigenvalue weighted by molar-refractivity contribution is 0.100. The Morgan fingerprint density at radius 2 is 2.11 bits per heavy atom. The fourth-order valence-electron chi connectivity index (χ4n) is 1.74. The van der Waals surface area contributed by atoms with E-state index >= 15 is 0 Å². The van der Waals surface area contributed by atoms with Gasteiger partial charge in [-0.25, -0.2) is 0 Å². The lowest BCUT2D eigenvalue weighted by Gasteiger charge is -2.05. The molecule has 19 heavy (non-hydrogen) atoms. The molecule has 0 aliphatic heterocycles. The number of benzene rings is 1. The quantitative estimate of drug-likeness (QED) is 0.711. The van der Waals surface area contributed by atoms with E-state index in [1.54, 1.807) is 18.3 Å². The van der Waals surface area contributed by atoms with Crippen LogP contribution in [0.25, 0.3) is 0 Å². The summed E-state index contributed by atoms with van der Waals surface area (Å²) >= 11 is 0. The van der Waals surface area contributed by atoms with Crippen LogP contribution < -0.4 is 11.1 Å². The fourth-order valence-corrected chi connectivity index (χ4v) is 1.74. The second kappa shape index (κ2) is 6.65. The topological polar surface area (TPSA) is 85.8 Å².